The maximum absolute atomic E-state index is 11.5. The van der Waals surface area contributed by atoms with Gasteiger partial charge < -0.3 is 29.9 Å². The topological polar surface area (TPSA) is 99.4 Å². The quantitative estimate of drug-likeness (QED) is 0.393. The normalized spacial score (nSPS) is 49.7. The fourth-order valence-electron chi connectivity index (χ4n) is 8.50. The molecule has 0 amide bonds. The lowest BCUT2D eigenvalue weighted by Crippen LogP contribution is -2.64. The summed E-state index contributed by atoms with van der Waals surface area (Å²) >= 11 is 0. The van der Waals surface area contributed by atoms with E-state index >= 15 is 0 Å². The van der Waals surface area contributed by atoms with E-state index in [-0.39, 0.29) is 36.0 Å². The molecule has 0 aromatic heterocycles. The van der Waals surface area contributed by atoms with Crippen LogP contribution in [0.4, 0.5) is 0 Å². The monoisotopic (exact) mass is 408 g/mol. The van der Waals surface area contributed by atoms with E-state index in [0.717, 1.165) is 24.8 Å². The molecular weight excluding hydrogens is 372 g/mol. The third kappa shape index (κ3) is 2.76. The van der Waals surface area contributed by atoms with Gasteiger partial charge in [-0.25, -0.2) is 0 Å². The van der Waals surface area contributed by atoms with Gasteiger partial charge in [0.2, 0.25) is 0 Å². The molecule has 6 heteroatoms. The van der Waals surface area contributed by atoms with Crippen molar-refractivity contribution < 1.29 is 29.9 Å². The van der Waals surface area contributed by atoms with Gasteiger partial charge in [-0.05, 0) is 55.3 Å². The molecule has 4 fully saturated rings. The van der Waals surface area contributed by atoms with E-state index in [1.807, 2.05) is 6.92 Å². The molecule has 0 radical (unpaired) electrons. The number of fused-ring (bicyclic) bond motifs is 5. The smallest absolute Gasteiger partial charge is 0.169 e. The van der Waals surface area contributed by atoms with Crippen molar-refractivity contribution in [1.29, 1.82) is 0 Å². The minimum atomic E-state index is -1.80. The molecule has 5 aliphatic rings. The van der Waals surface area contributed by atoms with Gasteiger partial charge in [0, 0.05) is 31.1 Å². The van der Waals surface area contributed by atoms with Crippen molar-refractivity contribution in [1.82, 2.24) is 0 Å². The first-order valence-corrected chi connectivity index (χ1v) is 11.3. The summed E-state index contributed by atoms with van der Waals surface area (Å²) in [5.74, 6) is -3.75. The zero-order valence-corrected chi connectivity index (χ0v) is 17.9. The Labute approximate surface area is 172 Å². The second-order valence-corrected chi connectivity index (χ2v) is 11.2. The van der Waals surface area contributed by atoms with E-state index in [2.05, 4.69) is 19.9 Å². The van der Waals surface area contributed by atoms with Crippen LogP contribution in [-0.4, -0.2) is 51.0 Å². The highest BCUT2D eigenvalue weighted by Gasteiger charge is 2.69. The summed E-state index contributed by atoms with van der Waals surface area (Å²) in [6, 6.07) is 0. The van der Waals surface area contributed by atoms with E-state index in [1.54, 1.807) is 0 Å². The molecule has 0 aromatic rings. The Kier molecular flexibility index (Phi) is 4.26. The van der Waals surface area contributed by atoms with Crippen LogP contribution in [0.1, 0.15) is 65.7 Å². The fraction of sp³-hybridized carbons (Fsp3) is 0.913. The van der Waals surface area contributed by atoms with Gasteiger partial charge in [-0.3, -0.25) is 0 Å². The van der Waals surface area contributed by atoms with Crippen LogP contribution < -0.4 is 0 Å². The SMILES string of the molecule is CC1(C2CCC3C4CC=C5CC(O)(O)CCC5(C)C4C(O)(O)CC32C)OCCO1. The highest BCUT2D eigenvalue weighted by Crippen LogP contribution is 2.70. The first-order valence-electron chi connectivity index (χ1n) is 11.3. The summed E-state index contributed by atoms with van der Waals surface area (Å²) in [6.07, 6.45) is 6.29. The van der Waals surface area contributed by atoms with Crippen molar-refractivity contribution in [3.63, 3.8) is 0 Å². The van der Waals surface area contributed by atoms with Crippen LogP contribution >= 0.6 is 0 Å². The Balaban J connectivity index is 1.53. The zero-order chi connectivity index (χ0) is 20.9. The molecule has 0 aromatic carbocycles. The maximum atomic E-state index is 11.5. The number of aliphatic hydroxyl groups is 4. The van der Waals surface area contributed by atoms with E-state index < -0.39 is 22.8 Å². The van der Waals surface area contributed by atoms with Crippen molar-refractivity contribution in [2.45, 2.75) is 83.1 Å². The lowest BCUT2D eigenvalue weighted by atomic mass is 9.45. The van der Waals surface area contributed by atoms with E-state index in [0.29, 0.717) is 32.0 Å². The molecular formula is C23H36O6. The molecule has 0 spiro atoms. The molecule has 6 atom stereocenters. The van der Waals surface area contributed by atoms with Crippen molar-refractivity contribution in [3.05, 3.63) is 11.6 Å². The van der Waals surface area contributed by atoms with Crippen LogP contribution in [0.2, 0.25) is 0 Å². The van der Waals surface area contributed by atoms with Gasteiger partial charge in [-0.2, -0.15) is 0 Å². The predicted octanol–water partition coefficient (Wildman–Crippen LogP) is 2.30. The maximum Gasteiger partial charge on any atom is 0.169 e. The van der Waals surface area contributed by atoms with Crippen molar-refractivity contribution >= 4 is 0 Å². The lowest BCUT2D eigenvalue weighted by Gasteiger charge is -2.63. The molecule has 6 nitrogen and oxygen atoms in total. The number of rotatable bonds is 1. The number of allylic oxidation sites excluding steroid dienone is 1. The van der Waals surface area contributed by atoms with Gasteiger partial charge in [0.15, 0.2) is 17.4 Å². The second kappa shape index (κ2) is 6.05. The van der Waals surface area contributed by atoms with Crippen molar-refractivity contribution in [2.75, 3.05) is 13.2 Å². The van der Waals surface area contributed by atoms with Gasteiger partial charge >= 0.3 is 0 Å². The van der Waals surface area contributed by atoms with E-state index in [9.17, 15) is 20.4 Å². The van der Waals surface area contributed by atoms with Crippen LogP contribution in [0.15, 0.2) is 11.6 Å². The first-order chi connectivity index (χ1) is 13.4. The summed E-state index contributed by atoms with van der Waals surface area (Å²) in [5.41, 5.74) is 0.304. The summed E-state index contributed by atoms with van der Waals surface area (Å²) < 4.78 is 12.0. The summed E-state index contributed by atoms with van der Waals surface area (Å²) in [7, 11) is 0. The van der Waals surface area contributed by atoms with Crippen molar-refractivity contribution in [3.8, 4) is 0 Å². The van der Waals surface area contributed by atoms with Gasteiger partial charge in [0.1, 0.15) is 0 Å². The molecule has 1 aliphatic heterocycles. The molecule has 4 aliphatic carbocycles. The number of hydrogen-bond donors (Lipinski definition) is 4. The molecule has 29 heavy (non-hydrogen) atoms. The lowest BCUT2D eigenvalue weighted by molar-refractivity contribution is -0.310. The first kappa shape index (κ1) is 20.4. The van der Waals surface area contributed by atoms with Crippen LogP contribution in [0.25, 0.3) is 0 Å². The molecule has 164 valence electrons. The minimum absolute atomic E-state index is 0.134. The van der Waals surface area contributed by atoms with Crippen LogP contribution in [0.3, 0.4) is 0 Å². The molecule has 1 heterocycles. The Bertz CT molecular complexity index is 723. The Morgan fingerprint density at radius 2 is 1.66 bits per heavy atom. The van der Waals surface area contributed by atoms with Gasteiger partial charge in [0.05, 0.1) is 13.2 Å². The fourth-order valence-corrected chi connectivity index (χ4v) is 8.50. The summed E-state index contributed by atoms with van der Waals surface area (Å²) in [4.78, 5) is 0. The van der Waals surface area contributed by atoms with Crippen LogP contribution in [0.5, 0.6) is 0 Å². The predicted molar refractivity (Wildman–Crippen MR) is 105 cm³/mol. The molecule has 6 unspecified atom stereocenters. The van der Waals surface area contributed by atoms with Crippen LogP contribution in [-0.2, 0) is 9.47 Å². The van der Waals surface area contributed by atoms with Gasteiger partial charge in [0.25, 0.3) is 0 Å². The van der Waals surface area contributed by atoms with Gasteiger partial charge in [-0.15, -0.1) is 0 Å². The summed E-state index contributed by atoms with van der Waals surface area (Å²) in [5, 5.41) is 43.3. The average molecular weight is 409 g/mol. The number of ether oxygens (including phenoxy) is 2. The van der Waals surface area contributed by atoms with Crippen molar-refractivity contribution in [2.24, 2.45) is 34.5 Å². The highest BCUT2D eigenvalue weighted by atomic mass is 16.7. The van der Waals surface area contributed by atoms with Gasteiger partial charge in [-0.1, -0.05) is 25.5 Å². The molecule has 1 saturated heterocycles. The highest BCUT2D eigenvalue weighted by molar-refractivity contribution is 5.28. The number of hydrogen-bond acceptors (Lipinski definition) is 6. The second-order valence-electron chi connectivity index (χ2n) is 11.2. The third-order valence-electron chi connectivity index (χ3n) is 9.56. The standard InChI is InChI=1S/C23H36O6/c1-19-8-9-22(24,25)12-14(19)4-5-15-16-6-7-17(21(3)28-10-11-29-21)20(16,2)13-23(26,27)18(15)19/h4,15-18,24-27H,5-13H2,1-3H3. The molecule has 0 bridgehead atoms. The molecule has 3 saturated carbocycles. The summed E-state index contributed by atoms with van der Waals surface area (Å²) in [6.45, 7) is 7.52. The Hall–Kier alpha value is -0.500. The van der Waals surface area contributed by atoms with E-state index in [4.69, 9.17) is 9.47 Å². The Morgan fingerprint density at radius 1 is 0.966 bits per heavy atom. The molecule has 5 rings (SSSR count). The van der Waals surface area contributed by atoms with Crippen LogP contribution in [0, 0.1) is 34.5 Å². The largest absolute Gasteiger partial charge is 0.365 e. The molecule has 4 N–H and O–H groups in total. The minimum Gasteiger partial charge on any atom is -0.365 e. The Morgan fingerprint density at radius 3 is 2.34 bits per heavy atom. The zero-order valence-electron chi connectivity index (χ0n) is 17.9. The third-order valence-corrected chi connectivity index (χ3v) is 9.56. The average Bonchev–Trinajstić information content (AvgIpc) is 3.18. The van der Waals surface area contributed by atoms with E-state index in [1.165, 1.54) is 0 Å².